The third-order valence-corrected chi connectivity index (χ3v) is 4.38. The minimum atomic E-state index is 0.0421. The van der Waals surface area contributed by atoms with Gasteiger partial charge in [-0.1, -0.05) is 30.4 Å². The quantitative estimate of drug-likeness (QED) is 0.852. The topological polar surface area (TPSA) is 32.3 Å². The molecule has 0 saturated heterocycles. The van der Waals surface area contributed by atoms with Crippen LogP contribution in [0.2, 0.25) is 0 Å². The maximum absolute atomic E-state index is 12.2. The molecule has 2 heterocycles. The standard InChI is InChI=1S/C15H16N2OS/c1-10(2)9-17-8-7-16-15(18)14-13(17)11-5-3-4-6-12(11)19-14/h3-6H,1,7-9H2,2H3,(H,16,18). The fourth-order valence-electron chi connectivity index (χ4n) is 2.48. The Bertz CT molecular complexity index is 659. The van der Waals surface area contributed by atoms with Gasteiger partial charge in [-0.3, -0.25) is 4.79 Å². The molecule has 2 aromatic rings. The van der Waals surface area contributed by atoms with E-state index in [4.69, 9.17) is 0 Å². The zero-order valence-corrected chi connectivity index (χ0v) is 11.7. The second-order valence-electron chi connectivity index (χ2n) is 4.91. The Morgan fingerprint density at radius 1 is 1.47 bits per heavy atom. The predicted octanol–water partition coefficient (Wildman–Crippen LogP) is 3.03. The number of nitrogens with zero attached hydrogens (tertiary/aromatic N) is 1. The second-order valence-corrected chi connectivity index (χ2v) is 5.96. The van der Waals surface area contributed by atoms with E-state index >= 15 is 0 Å². The van der Waals surface area contributed by atoms with Gasteiger partial charge in [0.1, 0.15) is 4.88 Å². The van der Waals surface area contributed by atoms with E-state index in [1.807, 2.05) is 19.1 Å². The normalized spacial score (nSPS) is 15.0. The summed E-state index contributed by atoms with van der Waals surface area (Å²) in [7, 11) is 0. The van der Waals surface area contributed by atoms with Gasteiger partial charge in [0.05, 0.1) is 5.69 Å². The van der Waals surface area contributed by atoms with Crippen LogP contribution in [0.25, 0.3) is 10.1 Å². The van der Waals surface area contributed by atoms with Crippen LogP contribution in [0.15, 0.2) is 36.4 Å². The average Bonchev–Trinajstić information content (AvgIpc) is 2.69. The van der Waals surface area contributed by atoms with Gasteiger partial charge in [-0.15, -0.1) is 11.3 Å². The lowest BCUT2D eigenvalue weighted by Crippen LogP contribution is -2.31. The van der Waals surface area contributed by atoms with Gasteiger partial charge in [0, 0.05) is 29.7 Å². The number of nitrogens with one attached hydrogen (secondary N) is 1. The highest BCUT2D eigenvalue weighted by atomic mass is 32.1. The molecule has 4 heteroatoms. The molecule has 0 bridgehead atoms. The monoisotopic (exact) mass is 272 g/mol. The van der Waals surface area contributed by atoms with Crippen LogP contribution < -0.4 is 10.2 Å². The van der Waals surface area contributed by atoms with Gasteiger partial charge in [-0.05, 0) is 13.0 Å². The number of rotatable bonds is 2. The van der Waals surface area contributed by atoms with Gasteiger partial charge in [-0.2, -0.15) is 0 Å². The molecule has 1 aromatic heterocycles. The number of benzene rings is 1. The van der Waals surface area contributed by atoms with Crippen molar-refractivity contribution in [1.29, 1.82) is 0 Å². The van der Waals surface area contributed by atoms with Gasteiger partial charge in [0.2, 0.25) is 0 Å². The Hall–Kier alpha value is -1.81. The molecule has 0 atom stereocenters. The Balaban J connectivity index is 2.20. The second kappa shape index (κ2) is 4.70. The van der Waals surface area contributed by atoms with E-state index in [0.717, 1.165) is 33.9 Å². The number of fused-ring (bicyclic) bond motifs is 3. The highest BCUT2D eigenvalue weighted by Gasteiger charge is 2.25. The zero-order valence-electron chi connectivity index (χ0n) is 10.9. The summed E-state index contributed by atoms with van der Waals surface area (Å²) < 4.78 is 1.16. The van der Waals surface area contributed by atoms with Crippen molar-refractivity contribution in [1.82, 2.24) is 5.32 Å². The maximum Gasteiger partial charge on any atom is 0.263 e. The van der Waals surface area contributed by atoms with Crippen LogP contribution in [-0.2, 0) is 0 Å². The van der Waals surface area contributed by atoms with Crippen LogP contribution >= 0.6 is 11.3 Å². The van der Waals surface area contributed by atoms with Crippen molar-refractivity contribution < 1.29 is 4.79 Å². The van der Waals surface area contributed by atoms with Gasteiger partial charge < -0.3 is 10.2 Å². The van der Waals surface area contributed by atoms with Crippen molar-refractivity contribution in [2.45, 2.75) is 6.92 Å². The molecular weight excluding hydrogens is 256 g/mol. The van der Waals surface area contributed by atoms with E-state index in [9.17, 15) is 4.79 Å². The fraction of sp³-hybridized carbons (Fsp3) is 0.267. The molecule has 1 aliphatic rings. The van der Waals surface area contributed by atoms with E-state index < -0.39 is 0 Å². The van der Waals surface area contributed by atoms with E-state index in [1.54, 1.807) is 11.3 Å². The molecule has 98 valence electrons. The maximum atomic E-state index is 12.2. The molecule has 3 nitrogen and oxygen atoms in total. The summed E-state index contributed by atoms with van der Waals surface area (Å²) in [6, 6.07) is 8.20. The van der Waals surface area contributed by atoms with E-state index in [2.05, 4.69) is 28.9 Å². The largest absolute Gasteiger partial charge is 0.364 e. The van der Waals surface area contributed by atoms with Crippen molar-refractivity contribution in [3.05, 3.63) is 41.3 Å². The molecule has 1 amide bonds. The molecule has 1 aromatic carbocycles. The van der Waals surface area contributed by atoms with Crippen LogP contribution in [-0.4, -0.2) is 25.5 Å². The molecule has 0 radical (unpaired) electrons. The number of carbonyl (C=O) groups is 1. The van der Waals surface area contributed by atoms with Gasteiger partial charge >= 0.3 is 0 Å². The van der Waals surface area contributed by atoms with Crippen molar-refractivity contribution in [3.8, 4) is 0 Å². The van der Waals surface area contributed by atoms with E-state index in [1.165, 1.54) is 5.39 Å². The molecule has 0 saturated carbocycles. The lowest BCUT2D eigenvalue weighted by molar-refractivity contribution is 0.0962. The first-order chi connectivity index (χ1) is 9.16. The van der Waals surface area contributed by atoms with Crippen molar-refractivity contribution >= 4 is 33.0 Å². The van der Waals surface area contributed by atoms with E-state index in [-0.39, 0.29) is 5.91 Å². The number of hydrogen-bond donors (Lipinski definition) is 1. The highest BCUT2D eigenvalue weighted by Crippen LogP contribution is 2.39. The molecule has 0 spiro atoms. The lowest BCUT2D eigenvalue weighted by atomic mass is 10.2. The first kappa shape index (κ1) is 12.2. The third-order valence-electron chi connectivity index (χ3n) is 3.22. The van der Waals surface area contributed by atoms with Crippen molar-refractivity contribution in [3.63, 3.8) is 0 Å². The number of thiophene rings is 1. The lowest BCUT2D eigenvalue weighted by Gasteiger charge is -2.23. The predicted molar refractivity (Wildman–Crippen MR) is 81.2 cm³/mol. The summed E-state index contributed by atoms with van der Waals surface area (Å²) in [6.07, 6.45) is 0. The van der Waals surface area contributed by atoms with Crippen molar-refractivity contribution in [2.75, 3.05) is 24.5 Å². The first-order valence-electron chi connectivity index (χ1n) is 6.36. The van der Waals surface area contributed by atoms with Crippen LogP contribution in [0.4, 0.5) is 5.69 Å². The summed E-state index contributed by atoms with van der Waals surface area (Å²) in [5.74, 6) is 0.0421. The van der Waals surface area contributed by atoms with Gasteiger partial charge in [0.25, 0.3) is 5.91 Å². The Morgan fingerprint density at radius 2 is 2.26 bits per heavy atom. The Morgan fingerprint density at radius 3 is 3.05 bits per heavy atom. The Kier molecular flexibility index (Phi) is 3.03. The number of amides is 1. The minimum absolute atomic E-state index is 0.0421. The number of hydrogen-bond acceptors (Lipinski definition) is 3. The van der Waals surface area contributed by atoms with Crippen LogP contribution in [0.3, 0.4) is 0 Å². The van der Waals surface area contributed by atoms with Gasteiger partial charge in [-0.25, -0.2) is 0 Å². The number of carbonyl (C=O) groups excluding carboxylic acids is 1. The van der Waals surface area contributed by atoms with Gasteiger partial charge in [0.15, 0.2) is 0 Å². The molecule has 0 aliphatic carbocycles. The van der Waals surface area contributed by atoms with Crippen LogP contribution in [0, 0.1) is 0 Å². The molecule has 3 rings (SSSR count). The van der Waals surface area contributed by atoms with Crippen molar-refractivity contribution in [2.24, 2.45) is 0 Å². The molecule has 0 fully saturated rings. The molecule has 19 heavy (non-hydrogen) atoms. The zero-order chi connectivity index (χ0) is 13.4. The molecule has 1 aliphatic heterocycles. The molecule has 1 N–H and O–H groups in total. The minimum Gasteiger partial charge on any atom is -0.364 e. The van der Waals surface area contributed by atoms with E-state index in [0.29, 0.717) is 6.54 Å². The average molecular weight is 272 g/mol. The number of anilines is 1. The summed E-state index contributed by atoms with van der Waals surface area (Å²) in [5, 5.41) is 4.13. The fourth-order valence-corrected chi connectivity index (χ4v) is 3.62. The SMILES string of the molecule is C=C(C)CN1CCNC(=O)c2sc3ccccc3c21. The van der Waals surface area contributed by atoms with Crippen LogP contribution in [0.5, 0.6) is 0 Å². The molecular formula is C15H16N2OS. The summed E-state index contributed by atoms with van der Waals surface area (Å²) in [5.41, 5.74) is 2.18. The molecule has 0 unspecified atom stereocenters. The summed E-state index contributed by atoms with van der Waals surface area (Å²) >= 11 is 1.57. The third kappa shape index (κ3) is 2.12. The van der Waals surface area contributed by atoms with Crippen LogP contribution in [0.1, 0.15) is 16.6 Å². The smallest absolute Gasteiger partial charge is 0.263 e. The summed E-state index contributed by atoms with van der Waals surface area (Å²) in [4.78, 5) is 15.2. The highest BCUT2D eigenvalue weighted by molar-refractivity contribution is 7.21. The Labute approximate surface area is 116 Å². The summed E-state index contributed by atoms with van der Waals surface area (Å²) in [6.45, 7) is 8.32. The first-order valence-corrected chi connectivity index (χ1v) is 7.17.